The first-order valence-electron chi connectivity index (χ1n) is 7.94. The SMILES string of the molecule is COc1ccc(F)c(CNC(=O)c2ccc3nc(C)c(C)nc3c2)c1F. The zero-order valence-electron chi connectivity index (χ0n) is 14.6. The molecule has 134 valence electrons. The average Bonchev–Trinajstić information content (AvgIpc) is 2.62. The molecular formula is C19H17F2N3O2. The molecule has 0 unspecified atom stereocenters. The fraction of sp³-hybridized carbons (Fsp3) is 0.211. The summed E-state index contributed by atoms with van der Waals surface area (Å²) in [6, 6.07) is 7.18. The van der Waals surface area contributed by atoms with Gasteiger partial charge >= 0.3 is 0 Å². The molecule has 0 bridgehead atoms. The Balaban J connectivity index is 1.83. The number of nitrogens with zero attached hydrogens (tertiary/aromatic N) is 2. The van der Waals surface area contributed by atoms with Gasteiger partial charge in [-0.3, -0.25) is 4.79 Å². The minimum atomic E-state index is -0.830. The fourth-order valence-electron chi connectivity index (χ4n) is 2.54. The Kier molecular flexibility index (Phi) is 4.79. The average molecular weight is 357 g/mol. The number of rotatable bonds is 4. The first-order chi connectivity index (χ1) is 12.4. The number of ether oxygens (including phenoxy) is 1. The van der Waals surface area contributed by atoms with Gasteiger partial charge in [0, 0.05) is 17.7 Å². The zero-order chi connectivity index (χ0) is 18.8. The minimum Gasteiger partial charge on any atom is -0.494 e. The highest BCUT2D eigenvalue weighted by molar-refractivity contribution is 5.97. The van der Waals surface area contributed by atoms with E-state index in [2.05, 4.69) is 15.3 Å². The monoisotopic (exact) mass is 357 g/mol. The Hall–Kier alpha value is -3.09. The molecule has 1 amide bonds. The Bertz CT molecular complexity index is 1010. The van der Waals surface area contributed by atoms with Crippen molar-refractivity contribution in [1.29, 1.82) is 0 Å². The molecule has 0 aliphatic rings. The van der Waals surface area contributed by atoms with Gasteiger partial charge in [-0.15, -0.1) is 0 Å². The van der Waals surface area contributed by atoms with E-state index in [4.69, 9.17) is 4.74 Å². The third-order valence-electron chi connectivity index (χ3n) is 4.13. The van der Waals surface area contributed by atoms with Crippen LogP contribution in [0.1, 0.15) is 27.3 Å². The molecule has 5 nitrogen and oxygen atoms in total. The first kappa shape index (κ1) is 17.7. The topological polar surface area (TPSA) is 64.1 Å². The van der Waals surface area contributed by atoms with Gasteiger partial charge in [0.15, 0.2) is 11.6 Å². The van der Waals surface area contributed by atoms with E-state index in [1.807, 2.05) is 13.8 Å². The van der Waals surface area contributed by atoms with Crippen LogP contribution in [0.5, 0.6) is 5.75 Å². The van der Waals surface area contributed by atoms with Gasteiger partial charge in [-0.05, 0) is 44.2 Å². The van der Waals surface area contributed by atoms with Crippen LogP contribution >= 0.6 is 0 Å². The molecule has 3 rings (SSSR count). The Morgan fingerprint density at radius 1 is 1.08 bits per heavy atom. The van der Waals surface area contributed by atoms with Crippen molar-refractivity contribution in [3.05, 3.63) is 64.5 Å². The second kappa shape index (κ2) is 7.03. The van der Waals surface area contributed by atoms with Crippen molar-refractivity contribution in [2.24, 2.45) is 0 Å². The number of methoxy groups -OCH3 is 1. The lowest BCUT2D eigenvalue weighted by Gasteiger charge is -2.10. The number of aryl methyl sites for hydroxylation is 2. The molecule has 1 aromatic heterocycles. The van der Waals surface area contributed by atoms with E-state index < -0.39 is 17.5 Å². The smallest absolute Gasteiger partial charge is 0.251 e. The van der Waals surface area contributed by atoms with Gasteiger partial charge in [-0.2, -0.15) is 0 Å². The normalized spacial score (nSPS) is 10.8. The molecule has 2 aromatic carbocycles. The number of carbonyl (C=O) groups is 1. The van der Waals surface area contributed by atoms with Gasteiger partial charge in [0.05, 0.1) is 29.5 Å². The summed E-state index contributed by atoms with van der Waals surface area (Å²) in [6.07, 6.45) is 0. The van der Waals surface area contributed by atoms with Crippen molar-refractivity contribution in [2.75, 3.05) is 7.11 Å². The van der Waals surface area contributed by atoms with Gasteiger partial charge in [0.1, 0.15) is 5.82 Å². The quantitative estimate of drug-likeness (QED) is 0.777. The summed E-state index contributed by atoms with van der Waals surface area (Å²) in [5.41, 5.74) is 2.92. The molecule has 0 spiro atoms. The molecule has 0 saturated carbocycles. The summed E-state index contributed by atoms with van der Waals surface area (Å²) in [6.45, 7) is 3.40. The van der Waals surface area contributed by atoms with Gasteiger partial charge in [0.25, 0.3) is 5.91 Å². The van der Waals surface area contributed by atoms with Crippen LogP contribution < -0.4 is 10.1 Å². The minimum absolute atomic E-state index is 0.0810. The van der Waals surface area contributed by atoms with E-state index in [0.29, 0.717) is 16.6 Å². The van der Waals surface area contributed by atoms with Gasteiger partial charge in [-0.25, -0.2) is 18.7 Å². The number of hydrogen-bond donors (Lipinski definition) is 1. The maximum Gasteiger partial charge on any atom is 0.251 e. The maximum atomic E-state index is 14.1. The summed E-state index contributed by atoms with van der Waals surface area (Å²) in [4.78, 5) is 21.2. The number of hydrogen-bond acceptors (Lipinski definition) is 4. The van der Waals surface area contributed by atoms with Crippen molar-refractivity contribution in [3.63, 3.8) is 0 Å². The molecule has 0 radical (unpaired) electrons. The van der Waals surface area contributed by atoms with Crippen LogP contribution in [-0.4, -0.2) is 23.0 Å². The standard InChI is InChI=1S/C19H17F2N3O2/c1-10-11(2)24-16-8-12(4-6-15(16)23-10)19(25)22-9-13-14(20)5-7-17(26-3)18(13)21/h4-8H,9H2,1-3H3,(H,22,25). The molecule has 0 fully saturated rings. The molecular weight excluding hydrogens is 340 g/mol. The third kappa shape index (κ3) is 3.33. The lowest BCUT2D eigenvalue weighted by atomic mass is 10.1. The Labute approximate surface area is 149 Å². The van der Waals surface area contributed by atoms with Crippen molar-refractivity contribution < 1.29 is 18.3 Å². The fourth-order valence-corrected chi connectivity index (χ4v) is 2.54. The number of benzene rings is 2. The summed E-state index contributed by atoms with van der Waals surface area (Å²) in [7, 11) is 1.29. The molecule has 0 aliphatic carbocycles. The Morgan fingerprint density at radius 2 is 1.77 bits per heavy atom. The lowest BCUT2D eigenvalue weighted by Crippen LogP contribution is -2.24. The summed E-state index contributed by atoms with van der Waals surface area (Å²) in [5.74, 6) is -2.13. The highest BCUT2D eigenvalue weighted by Gasteiger charge is 2.16. The largest absolute Gasteiger partial charge is 0.494 e. The van der Waals surface area contributed by atoms with Crippen LogP contribution in [0.2, 0.25) is 0 Å². The van der Waals surface area contributed by atoms with Crippen molar-refractivity contribution in [1.82, 2.24) is 15.3 Å². The van der Waals surface area contributed by atoms with Gasteiger partial charge in [0.2, 0.25) is 0 Å². The zero-order valence-corrected chi connectivity index (χ0v) is 14.6. The molecule has 7 heteroatoms. The van der Waals surface area contributed by atoms with Crippen LogP contribution in [0.4, 0.5) is 8.78 Å². The van der Waals surface area contributed by atoms with Gasteiger partial charge in [-0.1, -0.05) is 0 Å². The van der Waals surface area contributed by atoms with Gasteiger partial charge < -0.3 is 10.1 Å². The highest BCUT2D eigenvalue weighted by Crippen LogP contribution is 2.23. The summed E-state index contributed by atoms with van der Waals surface area (Å²) in [5, 5.41) is 2.52. The molecule has 0 aliphatic heterocycles. The van der Waals surface area contributed by atoms with Crippen LogP contribution in [-0.2, 0) is 6.54 Å². The molecule has 26 heavy (non-hydrogen) atoms. The second-order valence-electron chi connectivity index (χ2n) is 5.82. The number of amides is 1. The van der Waals surface area contributed by atoms with Crippen LogP contribution in [0.3, 0.4) is 0 Å². The lowest BCUT2D eigenvalue weighted by molar-refractivity contribution is 0.0950. The second-order valence-corrected chi connectivity index (χ2v) is 5.82. The summed E-state index contributed by atoms with van der Waals surface area (Å²) < 4.78 is 32.8. The van der Waals surface area contributed by atoms with E-state index in [-0.39, 0.29) is 17.9 Å². The molecule has 0 atom stereocenters. The van der Waals surface area contributed by atoms with E-state index in [9.17, 15) is 13.6 Å². The number of aromatic nitrogens is 2. The van der Waals surface area contributed by atoms with E-state index >= 15 is 0 Å². The van der Waals surface area contributed by atoms with E-state index in [1.54, 1.807) is 18.2 Å². The summed E-state index contributed by atoms with van der Waals surface area (Å²) >= 11 is 0. The number of nitrogens with one attached hydrogen (secondary N) is 1. The van der Waals surface area contributed by atoms with Crippen LogP contribution in [0.25, 0.3) is 11.0 Å². The highest BCUT2D eigenvalue weighted by atomic mass is 19.1. The molecule has 0 saturated heterocycles. The van der Waals surface area contributed by atoms with Crippen molar-refractivity contribution >= 4 is 16.9 Å². The number of carbonyl (C=O) groups excluding carboxylic acids is 1. The van der Waals surface area contributed by atoms with E-state index in [0.717, 1.165) is 17.5 Å². The van der Waals surface area contributed by atoms with Crippen molar-refractivity contribution in [2.45, 2.75) is 20.4 Å². The van der Waals surface area contributed by atoms with Crippen LogP contribution in [0.15, 0.2) is 30.3 Å². The first-order valence-corrected chi connectivity index (χ1v) is 7.94. The predicted octanol–water partition coefficient (Wildman–Crippen LogP) is 3.46. The van der Waals surface area contributed by atoms with Crippen molar-refractivity contribution in [3.8, 4) is 5.75 Å². The predicted molar refractivity (Wildman–Crippen MR) is 93.1 cm³/mol. The maximum absolute atomic E-state index is 14.1. The number of halogens is 2. The Morgan fingerprint density at radius 3 is 2.46 bits per heavy atom. The molecule has 3 aromatic rings. The molecule has 1 N–H and O–H groups in total. The van der Waals surface area contributed by atoms with Crippen LogP contribution in [0, 0.1) is 25.5 Å². The van der Waals surface area contributed by atoms with E-state index in [1.165, 1.54) is 13.2 Å². The third-order valence-corrected chi connectivity index (χ3v) is 4.13. The molecule has 1 heterocycles. The number of fused-ring (bicyclic) bond motifs is 1.